The van der Waals surface area contributed by atoms with Crippen molar-refractivity contribution in [2.45, 2.75) is 26.4 Å². The van der Waals surface area contributed by atoms with Gasteiger partial charge in [0.25, 0.3) is 0 Å². The van der Waals surface area contributed by atoms with Crippen LogP contribution in [0, 0.1) is 11.8 Å². The number of carbonyl (C=O) groups is 1. The van der Waals surface area contributed by atoms with Gasteiger partial charge in [-0.3, -0.25) is 0 Å². The van der Waals surface area contributed by atoms with Gasteiger partial charge in [0.15, 0.2) is 0 Å². The zero-order valence-electron chi connectivity index (χ0n) is 6.54. The molecule has 0 aromatic heterocycles. The Morgan fingerprint density at radius 1 is 1.60 bits per heavy atom. The SMILES string of the molecule is CC(C)[C@@H]1OCC[C@H]1C=O. The van der Waals surface area contributed by atoms with Gasteiger partial charge in [0.1, 0.15) is 6.29 Å². The van der Waals surface area contributed by atoms with Crippen LogP contribution < -0.4 is 0 Å². The van der Waals surface area contributed by atoms with E-state index in [1.807, 2.05) is 0 Å². The molecule has 0 saturated carbocycles. The van der Waals surface area contributed by atoms with Crippen LogP contribution in [0.3, 0.4) is 0 Å². The molecule has 0 spiro atoms. The predicted molar refractivity (Wildman–Crippen MR) is 38.7 cm³/mol. The maximum atomic E-state index is 10.4. The molecule has 0 radical (unpaired) electrons. The smallest absolute Gasteiger partial charge is 0.125 e. The Bertz CT molecular complexity index is 120. The number of aldehydes is 1. The van der Waals surface area contributed by atoms with E-state index in [1.165, 1.54) is 0 Å². The van der Waals surface area contributed by atoms with E-state index in [0.717, 1.165) is 19.3 Å². The number of hydrogen-bond donors (Lipinski definition) is 0. The van der Waals surface area contributed by atoms with Gasteiger partial charge in [-0.25, -0.2) is 0 Å². The molecule has 0 unspecified atom stereocenters. The van der Waals surface area contributed by atoms with Crippen LogP contribution in [0.15, 0.2) is 0 Å². The molecular weight excluding hydrogens is 128 g/mol. The maximum Gasteiger partial charge on any atom is 0.125 e. The molecule has 1 heterocycles. The van der Waals surface area contributed by atoms with E-state index in [0.29, 0.717) is 5.92 Å². The Morgan fingerprint density at radius 3 is 2.70 bits per heavy atom. The Kier molecular flexibility index (Phi) is 2.44. The standard InChI is InChI=1S/C8H14O2/c1-6(2)8-7(5-9)3-4-10-8/h5-8H,3-4H2,1-2H3/t7-,8-/m0/s1. The van der Waals surface area contributed by atoms with Crippen molar-refractivity contribution >= 4 is 6.29 Å². The number of ether oxygens (including phenoxy) is 1. The molecule has 0 N–H and O–H groups in total. The molecule has 1 aliphatic rings. The van der Waals surface area contributed by atoms with Gasteiger partial charge >= 0.3 is 0 Å². The minimum Gasteiger partial charge on any atom is -0.377 e. The van der Waals surface area contributed by atoms with Crippen LogP contribution in [-0.4, -0.2) is 19.0 Å². The monoisotopic (exact) mass is 142 g/mol. The van der Waals surface area contributed by atoms with E-state index in [1.54, 1.807) is 0 Å². The minimum atomic E-state index is 0.153. The molecule has 2 heteroatoms. The van der Waals surface area contributed by atoms with E-state index in [9.17, 15) is 4.79 Å². The number of carbonyl (C=O) groups excluding carboxylic acids is 1. The summed E-state index contributed by atoms with van der Waals surface area (Å²) in [6.07, 6.45) is 2.11. The summed E-state index contributed by atoms with van der Waals surface area (Å²) in [6.45, 7) is 4.94. The van der Waals surface area contributed by atoms with Gasteiger partial charge in [0, 0.05) is 12.5 Å². The minimum absolute atomic E-state index is 0.153. The van der Waals surface area contributed by atoms with Crippen LogP contribution in [0.5, 0.6) is 0 Å². The third-order valence-corrected chi connectivity index (χ3v) is 2.02. The lowest BCUT2D eigenvalue weighted by molar-refractivity contribution is -0.113. The van der Waals surface area contributed by atoms with Crippen LogP contribution >= 0.6 is 0 Å². The zero-order chi connectivity index (χ0) is 7.56. The summed E-state index contributed by atoms with van der Waals surface area (Å²) in [5.74, 6) is 0.623. The normalized spacial score (nSPS) is 33.1. The molecule has 2 nitrogen and oxygen atoms in total. The molecular formula is C8H14O2. The third-order valence-electron chi connectivity index (χ3n) is 2.02. The van der Waals surface area contributed by atoms with Crippen molar-refractivity contribution in [1.29, 1.82) is 0 Å². The first-order chi connectivity index (χ1) is 4.75. The van der Waals surface area contributed by atoms with Gasteiger partial charge in [-0.15, -0.1) is 0 Å². The Balaban J connectivity index is 2.49. The highest BCUT2D eigenvalue weighted by atomic mass is 16.5. The van der Waals surface area contributed by atoms with Crippen molar-refractivity contribution < 1.29 is 9.53 Å². The van der Waals surface area contributed by atoms with E-state index in [2.05, 4.69) is 13.8 Å². The van der Waals surface area contributed by atoms with Gasteiger partial charge in [0.05, 0.1) is 6.10 Å². The molecule has 0 aliphatic carbocycles. The van der Waals surface area contributed by atoms with Crippen molar-refractivity contribution in [2.75, 3.05) is 6.61 Å². The highest BCUT2D eigenvalue weighted by Crippen LogP contribution is 2.24. The molecule has 0 aromatic carbocycles. The molecule has 0 bridgehead atoms. The third kappa shape index (κ3) is 1.37. The predicted octanol–water partition coefficient (Wildman–Crippen LogP) is 1.25. The van der Waals surface area contributed by atoms with Crippen molar-refractivity contribution in [2.24, 2.45) is 11.8 Å². The summed E-state index contributed by atoms with van der Waals surface area (Å²) >= 11 is 0. The van der Waals surface area contributed by atoms with Crippen molar-refractivity contribution in [3.05, 3.63) is 0 Å². The summed E-state index contributed by atoms with van der Waals surface area (Å²) < 4.78 is 5.39. The fourth-order valence-electron chi connectivity index (χ4n) is 1.46. The van der Waals surface area contributed by atoms with E-state index in [4.69, 9.17) is 4.74 Å². The second kappa shape index (κ2) is 3.15. The summed E-state index contributed by atoms with van der Waals surface area (Å²) in [6, 6.07) is 0. The molecule has 1 saturated heterocycles. The number of hydrogen-bond acceptors (Lipinski definition) is 2. The Labute approximate surface area is 61.6 Å². The van der Waals surface area contributed by atoms with Crippen LogP contribution in [0.25, 0.3) is 0 Å². The quantitative estimate of drug-likeness (QED) is 0.542. The van der Waals surface area contributed by atoms with Gasteiger partial charge in [0.2, 0.25) is 0 Å². The fourth-order valence-corrected chi connectivity index (χ4v) is 1.46. The van der Waals surface area contributed by atoms with Crippen molar-refractivity contribution in [3.63, 3.8) is 0 Å². The molecule has 1 rings (SSSR count). The highest BCUT2D eigenvalue weighted by molar-refractivity contribution is 5.55. The average molecular weight is 142 g/mol. The molecule has 58 valence electrons. The zero-order valence-corrected chi connectivity index (χ0v) is 6.54. The first kappa shape index (κ1) is 7.73. The lowest BCUT2D eigenvalue weighted by Gasteiger charge is -2.16. The van der Waals surface area contributed by atoms with Crippen molar-refractivity contribution in [1.82, 2.24) is 0 Å². The van der Waals surface area contributed by atoms with E-state index < -0.39 is 0 Å². The molecule has 2 atom stereocenters. The summed E-state index contributed by atoms with van der Waals surface area (Å²) in [5.41, 5.74) is 0. The second-order valence-electron chi connectivity index (χ2n) is 3.17. The highest BCUT2D eigenvalue weighted by Gasteiger charge is 2.29. The first-order valence-corrected chi connectivity index (χ1v) is 3.82. The van der Waals surface area contributed by atoms with E-state index in [-0.39, 0.29) is 12.0 Å². The lowest BCUT2D eigenvalue weighted by atomic mass is 9.94. The van der Waals surface area contributed by atoms with Gasteiger partial charge in [-0.1, -0.05) is 13.8 Å². The van der Waals surface area contributed by atoms with Gasteiger partial charge < -0.3 is 9.53 Å². The topological polar surface area (TPSA) is 26.3 Å². The largest absolute Gasteiger partial charge is 0.377 e. The average Bonchev–Trinajstić information content (AvgIpc) is 2.33. The molecule has 0 aromatic rings. The Hall–Kier alpha value is -0.370. The Morgan fingerprint density at radius 2 is 2.30 bits per heavy atom. The lowest BCUT2D eigenvalue weighted by Crippen LogP contribution is -2.23. The van der Waals surface area contributed by atoms with Crippen LogP contribution in [0.1, 0.15) is 20.3 Å². The molecule has 1 fully saturated rings. The second-order valence-corrected chi connectivity index (χ2v) is 3.17. The molecule has 0 amide bonds. The van der Waals surface area contributed by atoms with Gasteiger partial charge in [-0.05, 0) is 12.3 Å². The van der Waals surface area contributed by atoms with Crippen LogP contribution in [0.2, 0.25) is 0 Å². The van der Waals surface area contributed by atoms with Crippen LogP contribution in [-0.2, 0) is 9.53 Å². The fraction of sp³-hybridized carbons (Fsp3) is 0.875. The summed E-state index contributed by atoms with van der Waals surface area (Å²) in [4.78, 5) is 10.4. The summed E-state index contributed by atoms with van der Waals surface area (Å²) in [7, 11) is 0. The summed E-state index contributed by atoms with van der Waals surface area (Å²) in [5, 5.41) is 0. The van der Waals surface area contributed by atoms with Crippen molar-refractivity contribution in [3.8, 4) is 0 Å². The maximum absolute atomic E-state index is 10.4. The first-order valence-electron chi connectivity index (χ1n) is 3.82. The molecule has 1 aliphatic heterocycles. The van der Waals surface area contributed by atoms with Gasteiger partial charge in [-0.2, -0.15) is 0 Å². The molecule has 10 heavy (non-hydrogen) atoms. The van der Waals surface area contributed by atoms with Crippen LogP contribution in [0.4, 0.5) is 0 Å². The number of rotatable bonds is 2. The van der Waals surface area contributed by atoms with E-state index >= 15 is 0 Å².